The highest BCUT2D eigenvalue weighted by Crippen LogP contribution is 2.39. The number of hydrogen-bond acceptors (Lipinski definition) is 7. The van der Waals surface area contributed by atoms with E-state index in [1.807, 2.05) is 0 Å². The Labute approximate surface area is 167 Å². The maximum atomic E-state index is 11.5. The molecule has 0 bridgehead atoms. The Balaban J connectivity index is 2.05. The van der Waals surface area contributed by atoms with Crippen molar-refractivity contribution in [3.63, 3.8) is 0 Å². The van der Waals surface area contributed by atoms with E-state index in [2.05, 4.69) is 15.5 Å². The van der Waals surface area contributed by atoms with Gasteiger partial charge in [0.25, 0.3) is 5.69 Å². The minimum Gasteiger partial charge on any atom is -0.507 e. The van der Waals surface area contributed by atoms with Crippen molar-refractivity contribution in [1.29, 1.82) is 0 Å². The topological polar surface area (TPSA) is 154 Å². The summed E-state index contributed by atoms with van der Waals surface area (Å²) < 4.78 is 0. The van der Waals surface area contributed by atoms with Gasteiger partial charge in [0.1, 0.15) is 11.4 Å². The number of carbonyl (C=O) groups is 2. The predicted octanol–water partition coefficient (Wildman–Crippen LogP) is 4.55. The van der Waals surface area contributed by atoms with Crippen LogP contribution in [0.25, 0.3) is 10.8 Å². The summed E-state index contributed by atoms with van der Waals surface area (Å²) in [4.78, 5) is 32.4. The van der Waals surface area contributed by atoms with Crippen LogP contribution in [0.3, 0.4) is 0 Å². The lowest BCUT2D eigenvalue weighted by Crippen LogP contribution is -2.21. The van der Waals surface area contributed by atoms with Crippen molar-refractivity contribution in [1.82, 2.24) is 0 Å². The molecule has 0 radical (unpaired) electrons. The number of phenols is 1. The maximum absolute atomic E-state index is 11.5. The zero-order valence-electron chi connectivity index (χ0n) is 14.4. The van der Waals surface area contributed by atoms with Gasteiger partial charge in [-0.05, 0) is 24.3 Å². The quantitative estimate of drug-likeness (QED) is 0.246. The molecular weight excluding hydrogens is 404 g/mol. The first kappa shape index (κ1) is 19.7. The zero-order chi connectivity index (χ0) is 21.1. The number of carboxylic acid groups (broad SMARTS) is 1. The molecule has 10 nitrogen and oxygen atoms in total. The van der Waals surface area contributed by atoms with Crippen LogP contribution in [0.2, 0.25) is 5.02 Å². The second kappa shape index (κ2) is 7.90. The van der Waals surface area contributed by atoms with Gasteiger partial charge in [0.05, 0.1) is 21.0 Å². The Morgan fingerprint density at radius 3 is 2.41 bits per heavy atom. The van der Waals surface area contributed by atoms with E-state index in [0.717, 1.165) is 6.07 Å². The van der Waals surface area contributed by atoms with Crippen LogP contribution in [-0.4, -0.2) is 27.0 Å². The standard InChI is InChI=1S/C18H11ClN4O6/c19-11-8-9(23(28)29)4-5-13(11)21-22-14-7-6-12(20-17(25)18(26)27)10-2-1-3-15(24)16(10)14/h1-8,24H,(H,20,25)(H,26,27). The van der Waals surface area contributed by atoms with E-state index in [1.54, 1.807) is 6.07 Å². The van der Waals surface area contributed by atoms with Crippen LogP contribution in [-0.2, 0) is 9.59 Å². The first-order valence-corrected chi connectivity index (χ1v) is 8.30. The molecule has 0 heterocycles. The Hall–Kier alpha value is -4.05. The summed E-state index contributed by atoms with van der Waals surface area (Å²) in [5.41, 5.74) is 0.344. The molecule has 0 saturated heterocycles. The number of amides is 1. The lowest BCUT2D eigenvalue weighted by atomic mass is 10.1. The second-order valence-electron chi connectivity index (χ2n) is 5.68. The fourth-order valence-electron chi connectivity index (χ4n) is 2.54. The van der Waals surface area contributed by atoms with E-state index in [-0.39, 0.29) is 38.9 Å². The molecule has 3 aromatic carbocycles. The molecule has 3 rings (SSSR count). The number of benzene rings is 3. The fourth-order valence-corrected chi connectivity index (χ4v) is 2.75. The van der Waals surface area contributed by atoms with Crippen LogP contribution in [0.15, 0.2) is 58.8 Å². The van der Waals surface area contributed by atoms with Gasteiger partial charge in [-0.1, -0.05) is 23.7 Å². The Morgan fingerprint density at radius 1 is 1.07 bits per heavy atom. The highest BCUT2D eigenvalue weighted by Gasteiger charge is 2.16. The number of phenolic OH excluding ortho intramolecular Hbond substituents is 1. The number of rotatable bonds is 4. The molecule has 0 fully saturated rings. The average Bonchev–Trinajstić information content (AvgIpc) is 2.68. The monoisotopic (exact) mass is 414 g/mol. The van der Waals surface area contributed by atoms with Gasteiger partial charge in [-0.25, -0.2) is 4.79 Å². The normalized spacial score (nSPS) is 10.9. The Kier molecular flexibility index (Phi) is 5.37. The number of azo groups is 1. The summed E-state index contributed by atoms with van der Waals surface area (Å²) in [6.45, 7) is 0. The number of anilines is 1. The molecule has 0 spiro atoms. The summed E-state index contributed by atoms with van der Waals surface area (Å²) >= 11 is 5.99. The Morgan fingerprint density at radius 2 is 1.76 bits per heavy atom. The summed E-state index contributed by atoms with van der Waals surface area (Å²) in [6.07, 6.45) is 0. The van der Waals surface area contributed by atoms with Gasteiger partial charge in [0.15, 0.2) is 0 Å². The number of non-ortho nitro benzene ring substituents is 1. The van der Waals surface area contributed by atoms with Crippen LogP contribution >= 0.6 is 11.6 Å². The van der Waals surface area contributed by atoms with Crippen molar-refractivity contribution in [3.8, 4) is 5.75 Å². The minimum atomic E-state index is -1.66. The van der Waals surface area contributed by atoms with E-state index in [4.69, 9.17) is 16.7 Å². The van der Waals surface area contributed by atoms with Crippen LogP contribution < -0.4 is 5.32 Å². The van der Waals surface area contributed by atoms with Gasteiger partial charge in [0.2, 0.25) is 0 Å². The highest BCUT2D eigenvalue weighted by atomic mass is 35.5. The van der Waals surface area contributed by atoms with Crippen LogP contribution in [0.5, 0.6) is 5.75 Å². The Bertz CT molecular complexity index is 1190. The number of hydrogen-bond donors (Lipinski definition) is 3. The first-order chi connectivity index (χ1) is 13.8. The summed E-state index contributed by atoms with van der Waals surface area (Å²) in [5.74, 6) is -3.06. The summed E-state index contributed by atoms with van der Waals surface area (Å²) in [7, 11) is 0. The first-order valence-electron chi connectivity index (χ1n) is 7.92. The lowest BCUT2D eigenvalue weighted by Gasteiger charge is -2.10. The van der Waals surface area contributed by atoms with Gasteiger partial charge in [-0.15, -0.1) is 10.2 Å². The summed E-state index contributed by atoms with van der Waals surface area (Å²) in [6, 6.07) is 11.0. The minimum absolute atomic E-state index is 0.0156. The number of halogens is 1. The molecule has 0 aromatic heterocycles. The number of aliphatic carboxylic acids is 1. The molecule has 0 atom stereocenters. The molecular formula is C18H11ClN4O6. The van der Waals surface area contributed by atoms with Gasteiger partial charge < -0.3 is 15.5 Å². The van der Waals surface area contributed by atoms with E-state index in [1.165, 1.54) is 36.4 Å². The SMILES string of the molecule is O=C(O)C(=O)Nc1ccc(N=Nc2ccc([N+](=O)[O-])cc2Cl)c2c(O)cccc12. The lowest BCUT2D eigenvalue weighted by molar-refractivity contribution is -0.384. The van der Waals surface area contributed by atoms with Crippen molar-refractivity contribution < 1.29 is 24.7 Å². The van der Waals surface area contributed by atoms with E-state index in [0.29, 0.717) is 5.39 Å². The van der Waals surface area contributed by atoms with Crippen molar-refractivity contribution in [3.05, 3.63) is 63.7 Å². The van der Waals surface area contributed by atoms with Crippen LogP contribution in [0, 0.1) is 10.1 Å². The number of nitro groups is 1. The molecule has 0 unspecified atom stereocenters. The zero-order valence-corrected chi connectivity index (χ0v) is 15.1. The van der Waals surface area contributed by atoms with Crippen molar-refractivity contribution in [2.75, 3.05) is 5.32 Å². The van der Waals surface area contributed by atoms with Gasteiger partial charge in [0, 0.05) is 23.2 Å². The van der Waals surface area contributed by atoms with Crippen molar-refractivity contribution in [2.24, 2.45) is 10.2 Å². The third-order valence-corrected chi connectivity index (χ3v) is 4.15. The molecule has 0 aliphatic rings. The molecule has 0 saturated carbocycles. The average molecular weight is 415 g/mol. The van der Waals surface area contributed by atoms with E-state index >= 15 is 0 Å². The maximum Gasteiger partial charge on any atom is 0.394 e. The van der Waals surface area contributed by atoms with Gasteiger partial charge in [-0.2, -0.15) is 0 Å². The van der Waals surface area contributed by atoms with Crippen LogP contribution in [0.1, 0.15) is 0 Å². The second-order valence-corrected chi connectivity index (χ2v) is 6.09. The van der Waals surface area contributed by atoms with Gasteiger partial charge >= 0.3 is 11.9 Å². The van der Waals surface area contributed by atoms with Gasteiger partial charge in [-0.3, -0.25) is 14.9 Å². The number of fused-ring (bicyclic) bond motifs is 1. The number of aromatic hydroxyl groups is 1. The predicted molar refractivity (Wildman–Crippen MR) is 104 cm³/mol. The number of nitrogens with zero attached hydrogens (tertiary/aromatic N) is 3. The molecule has 146 valence electrons. The molecule has 11 heteroatoms. The van der Waals surface area contributed by atoms with Crippen LogP contribution in [0.4, 0.5) is 22.7 Å². The third-order valence-electron chi connectivity index (χ3n) is 3.85. The molecule has 1 amide bonds. The number of nitrogens with one attached hydrogen (secondary N) is 1. The highest BCUT2D eigenvalue weighted by molar-refractivity contribution is 6.37. The summed E-state index contributed by atoms with van der Waals surface area (Å²) in [5, 5.41) is 40.6. The largest absolute Gasteiger partial charge is 0.507 e. The molecule has 29 heavy (non-hydrogen) atoms. The smallest absolute Gasteiger partial charge is 0.394 e. The third kappa shape index (κ3) is 4.12. The van der Waals surface area contributed by atoms with E-state index < -0.39 is 16.8 Å². The van der Waals surface area contributed by atoms with Crippen molar-refractivity contribution in [2.45, 2.75) is 0 Å². The fraction of sp³-hybridized carbons (Fsp3) is 0. The molecule has 0 aliphatic heterocycles. The van der Waals surface area contributed by atoms with E-state index in [9.17, 15) is 24.8 Å². The van der Waals surface area contributed by atoms with Crippen molar-refractivity contribution >= 4 is 57.0 Å². The number of carboxylic acids is 1. The molecule has 3 N–H and O–H groups in total. The number of carbonyl (C=O) groups excluding carboxylic acids is 1. The molecule has 0 aliphatic carbocycles. The molecule has 3 aromatic rings. The number of nitro benzene ring substituents is 1.